The summed E-state index contributed by atoms with van der Waals surface area (Å²) in [6.07, 6.45) is 1.99. The molecular formula is C8H13NO2. The van der Waals surface area contributed by atoms with Crippen LogP contribution in [0, 0.1) is 5.41 Å². The molecule has 2 rings (SSSR count). The van der Waals surface area contributed by atoms with Gasteiger partial charge in [0.1, 0.15) is 6.61 Å². The molecule has 0 bridgehead atoms. The number of cyclic esters (lactones) is 1. The third-order valence-corrected chi connectivity index (χ3v) is 3.26. The fourth-order valence-corrected chi connectivity index (χ4v) is 1.88. The molecule has 0 radical (unpaired) electrons. The first kappa shape index (κ1) is 6.95. The predicted octanol–water partition coefficient (Wildman–Crippen LogP) is 1.28. The van der Waals surface area contributed by atoms with E-state index in [9.17, 15) is 4.79 Å². The van der Waals surface area contributed by atoms with E-state index >= 15 is 0 Å². The minimum atomic E-state index is -0.252. The molecule has 1 saturated heterocycles. The number of hydrogen-bond acceptors (Lipinski definition) is 2. The number of nitrogens with one attached hydrogen (secondary N) is 1. The Morgan fingerprint density at radius 1 is 1.45 bits per heavy atom. The van der Waals surface area contributed by atoms with Crippen LogP contribution < -0.4 is 5.32 Å². The lowest BCUT2D eigenvalue weighted by molar-refractivity contribution is 0.00780. The average molecular weight is 155 g/mol. The Kier molecular flexibility index (Phi) is 1.08. The lowest BCUT2D eigenvalue weighted by atomic mass is 9.57. The zero-order valence-electron chi connectivity index (χ0n) is 6.94. The summed E-state index contributed by atoms with van der Waals surface area (Å²) >= 11 is 0. The maximum atomic E-state index is 10.8. The Hall–Kier alpha value is -0.730. The maximum Gasteiger partial charge on any atom is 0.407 e. The van der Waals surface area contributed by atoms with Gasteiger partial charge in [-0.25, -0.2) is 4.79 Å². The zero-order valence-corrected chi connectivity index (χ0v) is 6.94. The lowest BCUT2D eigenvalue weighted by Gasteiger charge is -2.52. The Bertz CT molecular complexity index is 212. The van der Waals surface area contributed by atoms with Crippen LogP contribution in [-0.2, 0) is 4.74 Å². The van der Waals surface area contributed by atoms with Crippen molar-refractivity contribution in [3.63, 3.8) is 0 Å². The van der Waals surface area contributed by atoms with Crippen molar-refractivity contribution in [2.24, 2.45) is 5.41 Å². The van der Waals surface area contributed by atoms with Gasteiger partial charge in [0.05, 0.1) is 5.54 Å². The van der Waals surface area contributed by atoms with E-state index in [1.165, 1.54) is 6.42 Å². The monoisotopic (exact) mass is 155 g/mol. The second-order valence-corrected chi connectivity index (χ2v) is 4.17. The number of amides is 1. The Labute approximate surface area is 66.1 Å². The van der Waals surface area contributed by atoms with Crippen molar-refractivity contribution in [2.45, 2.75) is 32.2 Å². The minimum absolute atomic E-state index is 0.0376. The van der Waals surface area contributed by atoms with Gasteiger partial charge in [-0.15, -0.1) is 0 Å². The van der Waals surface area contributed by atoms with E-state index in [0.717, 1.165) is 6.42 Å². The summed E-state index contributed by atoms with van der Waals surface area (Å²) in [5.41, 5.74) is 0.184. The standard InChI is InChI=1S/C8H13NO2/c1-7(2)3-4-8(7)5-11-6(10)9-8/h3-5H2,1-2H3,(H,9,10). The van der Waals surface area contributed by atoms with E-state index in [2.05, 4.69) is 19.2 Å². The van der Waals surface area contributed by atoms with Crippen molar-refractivity contribution in [3.05, 3.63) is 0 Å². The van der Waals surface area contributed by atoms with Gasteiger partial charge in [0, 0.05) is 0 Å². The first-order valence-corrected chi connectivity index (χ1v) is 4.01. The summed E-state index contributed by atoms with van der Waals surface area (Å²) in [6.45, 7) is 4.90. The second-order valence-electron chi connectivity index (χ2n) is 4.17. The number of ether oxygens (including phenoxy) is 1. The van der Waals surface area contributed by atoms with Gasteiger partial charge in [-0.05, 0) is 18.3 Å². The smallest absolute Gasteiger partial charge is 0.407 e. The highest BCUT2D eigenvalue weighted by Crippen LogP contribution is 2.50. The highest BCUT2D eigenvalue weighted by atomic mass is 16.6. The fraction of sp³-hybridized carbons (Fsp3) is 0.875. The van der Waals surface area contributed by atoms with Crippen LogP contribution >= 0.6 is 0 Å². The summed E-state index contributed by atoms with van der Waals surface area (Å²) in [7, 11) is 0. The first-order valence-electron chi connectivity index (χ1n) is 4.01. The van der Waals surface area contributed by atoms with Crippen LogP contribution in [0.3, 0.4) is 0 Å². The molecule has 0 aromatic rings. The average Bonchev–Trinajstić information content (AvgIpc) is 2.32. The van der Waals surface area contributed by atoms with Crippen LogP contribution in [0.5, 0.6) is 0 Å². The van der Waals surface area contributed by atoms with Crippen LogP contribution in [0.25, 0.3) is 0 Å². The van der Waals surface area contributed by atoms with Gasteiger partial charge in [0.25, 0.3) is 0 Å². The molecule has 0 aromatic heterocycles. The molecule has 1 saturated carbocycles. The van der Waals surface area contributed by atoms with Gasteiger partial charge in [-0.2, -0.15) is 0 Å². The zero-order chi connectivity index (χ0) is 8.11. The van der Waals surface area contributed by atoms with Crippen LogP contribution in [0.1, 0.15) is 26.7 Å². The number of carbonyl (C=O) groups excluding carboxylic acids is 1. The SMILES string of the molecule is CC1(C)CCC12COC(=O)N2. The lowest BCUT2D eigenvalue weighted by Crippen LogP contribution is -2.62. The molecule has 3 nitrogen and oxygen atoms in total. The summed E-state index contributed by atoms with van der Waals surface area (Å²) in [5, 5.41) is 2.90. The molecule has 1 aliphatic carbocycles. The fourth-order valence-electron chi connectivity index (χ4n) is 1.88. The third kappa shape index (κ3) is 0.710. The van der Waals surface area contributed by atoms with Crippen molar-refractivity contribution in [2.75, 3.05) is 6.61 Å². The summed E-state index contributed by atoms with van der Waals surface area (Å²) in [5.74, 6) is 0. The molecule has 1 atom stereocenters. The van der Waals surface area contributed by atoms with Gasteiger partial charge < -0.3 is 10.1 Å². The van der Waals surface area contributed by atoms with E-state index in [1.807, 2.05) is 0 Å². The molecular weight excluding hydrogens is 142 g/mol. The number of carbonyl (C=O) groups is 1. The molecule has 1 aliphatic heterocycles. The summed E-state index contributed by atoms with van der Waals surface area (Å²) in [4.78, 5) is 10.8. The number of alkyl carbamates (subject to hydrolysis) is 1. The van der Waals surface area contributed by atoms with Crippen molar-refractivity contribution in [3.8, 4) is 0 Å². The van der Waals surface area contributed by atoms with Gasteiger partial charge in [-0.1, -0.05) is 13.8 Å². The van der Waals surface area contributed by atoms with Crippen molar-refractivity contribution >= 4 is 6.09 Å². The van der Waals surface area contributed by atoms with E-state index in [-0.39, 0.29) is 17.0 Å². The van der Waals surface area contributed by atoms with Crippen molar-refractivity contribution < 1.29 is 9.53 Å². The topological polar surface area (TPSA) is 38.3 Å². The van der Waals surface area contributed by atoms with Crippen LogP contribution in [0.15, 0.2) is 0 Å². The maximum absolute atomic E-state index is 10.8. The van der Waals surface area contributed by atoms with Crippen LogP contribution in [0.4, 0.5) is 4.79 Å². The minimum Gasteiger partial charge on any atom is -0.447 e. The van der Waals surface area contributed by atoms with Crippen LogP contribution in [0.2, 0.25) is 0 Å². The normalized spacial score (nSPS) is 39.6. The van der Waals surface area contributed by atoms with Gasteiger partial charge in [-0.3, -0.25) is 0 Å². The van der Waals surface area contributed by atoms with E-state index in [4.69, 9.17) is 4.74 Å². The molecule has 11 heavy (non-hydrogen) atoms. The highest BCUT2D eigenvalue weighted by molar-refractivity contribution is 5.71. The van der Waals surface area contributed by atoms with Crippen molar-refractivity contribution in [1.82, 2.24) is 5.32 Å². The summed E-state index contributed by atoms with van der Waals surface area (Å²) in [6, 6.07) is 0. The first-order chi connectivity index (χ1) is 5.06. The van der Waals surface area contributed by atoms with Crippen molar-refractivity contribution in [1.29, 1.82) is 0 Å². The quantitative estimate of drug-likeness (QED) is 0.572. The number of hydrogen-bond donors (Lipinski definition) is 1. The molecule has 3 heteroatoms. The Balaban J connectivity index is 2.19. The highest BCUT2D eigenvalue weighted by Gasteiger charge is 2.57. The molecule has 2 fully saturated rings. The molecule has 1 N–H and O–H groups in total. The molecule has 1 amide bonds. The van der Waals surface area contributed by atoms with E-state index < -0.39 is 0 Å². The predicted molar refractivity (Wildman–Crippen MR) is 40.2 cm³/mol. The van der Waals surface area contributed by atoms with Crippen LogP contribution in [-0.4, -0.2) is 18.2 Å². The molecule has 1 heterocycles. The van der Waals surface area contributed by atoms with E-state index in [0.29, 0.717) is 6.61 Å². The summed E-state index contributed by atoms with van der Waals surface area (Å²) < 4.78 is 4.90. The molecule has 2 aliphatic rings. The Morgan fingerprint density at radius 2 is 2.18 bits per heavy atom. The van der Waals surface area contributed by atoms with Gasteiger partial charge >= 0.3 is 6.09 Å². The van der Waals surface area contributed by atoms with Gasteiger partial charge in [0.15, 0.2) is 0 Å². The Morgan fingerprint density at radius 3 is 2.36 bits per heavy atom. The molecule has 1 unspecified atom stereocenters. The van der Waals surface area contributed by atoms with E-state index in [1.54, 1.807) is 0 Å². The molecule has 0 aromatic carbocycles. The molecule has 62 valence electrons. The second kappa shape index (κ2) is 1.71. The van der Waals surface area contributed by atoms with Gasteiger partial charge in [0.2, 0.25) is 0 Å². The number of rotatable bonds is 0. The third-order valence-electron chi connectivity index (χ3n) is 3.26. The largest absolute Gasteiger partial charge is 0.447 e. The molecule has 1 spiro atoms.